The molecular formula is C20H25NO3. The topological polar surface area (TPSA) is 50.7 Å². The number of nitrogens with one attached hydrogen (secondary N) is 1. The summed E-state index contributed by atoms with van der Waals surface area (Å²) in [6.07, 6.45) is 1.43. The second-order valence-electron chi connectivity index (χ2n) is 6.23. The molecule has 2 unspecified atom stereocenters. The van der Waals surface area contributed by atoms with Gasteiger partial charge in [0.15, 0.2) is 0 Å². The Balaban J connectivity index is 1.74. The van der Waals surface area contributed by atoms with Gasteiger partial charge in [0, 0.05) is 18.2 Å². The van der Waals surface area contributed by atoms with Gasteiger partial charge in [0.2, 0.25) is 0 Å². The van der Waals surface area contributed by atoms with Crippen molar-refractivity contribution < 1.29 is 14.6 Å². The Hall–Kier alpha value is -2.04. The molecule has 128 valence electrons. The van der Waals surface area contributed by atoms with Crippen LogP contribution >= 0.6 is 0 Å². The fourth-order valence-electron chi connectivity index (χ4n) is 3.22. The third-order valence-electron chi connectivity index (χ3n) is 4.59. The van der Waals surface area contributed by atoms with Crippen molar-refractivity contribution in [3.05, 3.63) is 59.2 Å². The summed E-state index contributed by atoms with van der Waals surface area (Å²) in [7, 11) is 1.67. The number of rotatable bonds is 5. The molecule has 1 aliphatic rings. The largest absolute Gasteiger partial charge is 0.497 e. The van der Waals surface area contributed by atoms with Crippen molar-refractivity contribution >= 4 is 0 Å². The summed E-state index contributed by atoms with van der Waals surface area (Å²) < 4.78 is 11.2. The molecule has 0 saturated heterocycles. The predicted octanol–water partition coefficient (Wildman–Crippen LogP) is 3.54. The molecule has 0 aliphatic carbocycles. The minimum atomic E-state index is -0.524. The maximum Gasteiger partial charge on any atom is 0.124 e. The molecule has 4 nitrogen and oxygen atoms in total. The molecule has 2 atom stereocenters. The number of hydrogen-bond donors (Lipinski definition) is 2. The first-order valence-corrected chi connectivity index (χ1v) is 8.46. The van der Waals surface area contributed by atoms with E-state index in [4.69, 9.17) is 9.47 Å². The minimum absolute atomic E-state index is 0.149. The first-order valence-electron chi connectivity index (χ1n) is 8.46. The molecule has 0 aromatic heterocycles. The second kappa shape index (κ2) is 7.69. The summed E-state index contributed by atoms with van der Waals surface area (Å²) in [5.41, 5.74) is 3.18. The molecule has 2 aromatic rings. The fourth-order valence-corrected chi connectivity index (χ4v) is 3.22. The average Bonchev–Trinajstić information content (AvgIpc) is 2.81. The zero-order chi connectivity index (χ0) is 16.9. The van der Waals surface area contributed by atoms with Crippen LogP contribution in [-0.4, -0.2) is 25.4 Å². The van der Waals surface area contributed by atoms with Gasteiger partial charge in [-0.15, -0.1) is 0 Å². The molecule has 0 fully saturated rings. The highest BCUT2D eigenvalue weighted by molar-refractivity contribution is 5.43. The highest BCUT2D eigenvalue weighted by Crippen LogP contribution is 2.34. The Kier molecular flexibility index (Phi) is 5.38. The highest BCUT2D eigenvalue weighted by Gasteiger charge is 2.21. The molecule has 2 aromatic carbocycles. The number of benzene rings is 2. The van der Waals surface area contributed by atoms with Gasteiger partial charge in [-0.3, -0.25) is 0 Å². The standard InChI is InChI=1S/C20H25NO3/c1-14-6-3-4-7-16(14)19(22)13-21-18-8-5-11-24-20-10-9-15(23-2)12-17(18)20/h3-4,6-7,9-10,12,18-19,21-22H,5,8,11,13H2,1-2H3. The Morgan fingerprint density at radius 1 is 1.29 bits per heavy atom. The molecular weight excluding hydrogens is 302 g/mol. The monoisotopic (exact) mass is 327 g/mol. The lowest BCUT2D eigenvalue weighted by atomic mass is 10.00. The maximum absolute atomic E-state index is 10.5. The molecule has 0 amide bonds. The van der Waals surface area contributed by atoms with E-state index in [1.807, 2.05) is 49.4 Å². The van der Waals surface area contributed by atoms with Crippen LogP contribution in [0.3, 0.4) is 0 Å². The number of fused-ring (bicyclic) bond motifs is 1. The van der Waals surface area contributed by atoms with Gasteiger partial charge in [0.05, 0.1) is 19.8 Å². The molecule has 0 saturated carbocycles. The van der Waals surface area contributed by atoms with Crippen molar-refractivity contribution in [3.63, 3.8) is 0 Å². The van der Waals surface area contributed by atoms with Crippen LogP contribution in [0.1, 0.15) is 41.7 Å². The number of ether oxygens (including phenoxy) is 2. The summed E-state index contributed by atoms with van der Waals surface area (Å²) in [4.78, 5) is 0. The summed E-state index contributed by atoms with van der Waals surface area (Å²) in [6, 6.07) is 14.0. The van der Waals surface area contributed by atoms with Gasteiger partial charge in [-0.25, -0.2) is 0 Å². The highest BCUT2D eigenvalue weighted by atomic mass is 16.5. The second-order valence-corrected chi connectivity index (χ2v) is 6.23. The van der Waals surface area contributed by atoms with Crippen LogP contribution in [0.5, 0.6) is 11.5 Å². The van der Waals surface area contributed by atoms with Crippen LogP contribution in [0.2, 0.25) is 0 Å². The zero-order valence-corrected chi connectivity index (χ0v) is 14.3. The number of methoxy groups -OCH3 is 1. The van der Waals surface area contributed by atoms with E-state index in [0.29, 0.717) is 6.54 Å². The van der Waals surface area contributed by atoms with Crippen molar-refractivity contribution in [1.82, 2.24) is 5.32 Å². The van der Waals surface area contributed by atoms with E-state index in [2.05, 4.69) is 5.32 Å². The number of hydrogen-bond acceptors (Lipinski definition) is 4. The normalized spacial score (nSPS) is 18.2. The van der Waals surface area contributed by atoms with Crippen LogP contribution < -0.4 is 14.8 Å². The Labute approximate surface area is 143 Å². The van der Waals surface area contributed by atoms with Gasteiger partial charge in [0.25, 0.3) is 0 Å². The average molecular weight is 327 g/mol. The molecule has 1 aliphatic heterocycles. The van der Waals surface area contributed by atoms with E-state index in [0.717, 1.165) is 47.6 Å². The van der Waals surface area contributed by atoms with Gasteiger partial charge >= 0.3 is 0 Å². The van der Waals surface area contributed by atoms with Gasteiger partial charge in [0.1, 0.15) is 11.5 Å². The van der Waals surface area contributed by atoms with Crippen molar-refractivity contribution in [2.24, 2.45) is 0 Å². The minimum Gasteiger partial charge on any atom is -0.497 e. The van der Waals surface area contributed by atoms with Crippen molar-refractivity contribution in [3.8, 4) is 11.5 Å². The van der Waals surface area contributed by atoms with Gasteiger partial charge in [-0.05, 0) is 49.1 Å². The van der Waals surface area contributed by atoms with Crippen LogP contribution in [0.15, 0.2) is 42.5 Å². The van der Waals surface area contributed by atoms with Crippen LogP contribution in [0, 0.1) is 6.92 Å². The lowest BCUT2D eigenvalue weighted by molar-refractivity contribution is 0.168. The maximum atomic E-state index is 10.5. The van der Waals surface area contributed by atoms with Gasteiger partial charge in [-0.1, -0.05) is 24.3 Å². The first kappa shape index (κ1) is 16.8. The van der Waals surface area contributed by atoms with Crippen molar-refractivity contribution in [1.29, 1.82) is 0 Å². The predicted molar refractivity (Wildman–Crippen MR) is 94.6 cm³/mol. The summed E-state index contributed by atoms with van der Waals surface area (Å²) in [5.74, 6) is 1.72. The van der Waals surface area contributed by atoms with Gasteiger partial charge in [-0.2, -0.15) is 0 Å². The quantitative estimate of drug-likeness (QED) is 0.882. The first-order chi connectivity index (χ1) is 11.7. The van der Waals surface area contributed by atoms with E-state index in [9.17, 15) is 5.11 Å². The molecule has 1 heterocycles. The molecule has 2 N–H and O–H groups in total. The zero-order valence-electron chi connectivity index (χ0n) is 14.3. The van der Waals surface area contributed by atoms with E-state index < -0.39 is 6.10 Å². The van der Waals surface area contributed by atoms with E-state index in [1.54, 1.807) is 7.11 Å². The summed E-state index contributed by atoms with van der Waals surface area (Å²) in [5, 5.41) is 14.0. The summed E-state index contributed by atoms with van der Waals surface area (Å²) in [6.45, 7) is 3.25. The molecule has 0 radical (unpaired) electrons. The van der Waals surface area contributed by atoms with E-state index in [1.165, 1.54) is 0 Å². The summed E-state index contributed by atoms with van der Waals surface area (Å²) >= 11 is 0. The lowest BCUT2D eigenvalue weighted by Crippen LogP contribution is -2.26. The van der Waals surface area contributed by atoms with Crippen LogP contribution in [0.4, 0.5) is 0 Å². The molecule has 4 heteroatoms. The Morgan fingerprint density at radius 2 is 2.12 bits per heavy atom. The molecule has 24 heavy (non-hydrogen) atoms. The SMILES string of the molecule is COc1ccc2c(c1)C(NCC(O)c1ccccc1C)CCCO2. The van der Waals surface area contributed by atoms with E-state index in [-0.39, 0.29) is 6.04 Å². The third-order valence-corrected chi connectivity index (χ3v) is 4.59. The Morgan fingerprint density at radius 3 is 2.92 bits per heavy atom. The Bertz CT molecular complexity index is 686. The number of aliphatic hydroxyl groups is 1. The smallest absolute Gasteiger partial charge is 0.124 e. The molecule has 0 spiro atoms. The molecule has 0 bridgehead atoms. The lowest BCUT2D eigenvalue weighted by Gasteiger charge is -2.22. The van der Waals surface area contributed by atoms with E-state index >= 15 is 0 Å². The third kappa shape index (κ3) is 3.71. The van der Waals surface area contributed by atoms with Crippen molar-refractivity contribution in [2.75, 3.05) is 20.3 Å². The van der Waals surface area contributed by atoms with Crippen molar-refractivity contribution in [2.45, 2.75) is 31.9 Å². The number of aryl methyl sites for hydroxylation is 1. The molecule has 3 rings (SSSR count). The van der Waals surface area contributed by atoms with Gasteiger partial charge < -0.3 is 19.9 Å². The van der Waals surface area contributed by atoms with Crippen LogP contribution in [-0.2, 0) is 0 Å². The fraction of sp³-hybridized carbons (Fsp3) is 0.400. The number of aliphatic hydroxyl groups excluding tert-OH is 1. The van der Waals surface area contributed by atoms with Crippen LogP contribution in [0.25, 0.3) is 0 Å².